The van der Waals surface area contributed by atoms with Gasteiger partial charge in [-0.15, -0.1) is 11.3 Å². The number of hydrogen-bond acceptors (Lipinski definition) is 7. The van der Waals surface area contributed by atoms with Crippen molar-refractivity contribution in [3.05, 3.63) is 35.0 Å². The number of halogens is 3. The van der Waals surface area contributed by atoms with E-state index >= 15 is 0 Å². The van der Waals surface area contributed by atoms with Gasteiger partial charge in [-0.1, -0.05) is 6.07 Å². The van der Waals surface area contributed by atoms with Crippen LogP contribution in [-0.2, 0) is 11.2 Å². The van der Waals surface area contributed by atoms with Gasteiger partial charge >= 0.3 is 12.1 Å². The second-order valence-electron chi connectivity index (χ2n) is 8.59. The fourth-order valence-corrected chi connectivity index (χ4v) is 5.17. The number of rotatable bonds is 3. The molecule has 2 aliphatic heterocycles. The summed E-state index contributed by atoms with van der Waals surface area (Å²) >= 11 is 1.71. The summed E-state index contributed by atoms with van der Waals surface area (Å²) in [5.41, 5.74) is 3.53. The number of aromatic nitrogens is 4. The van der Waals surface area contributed by atoms with E-state index in [9.17, 15) is 13.2 Å². The number of fused-ring (bicyclic) bond motifs is 3. The fraction of sp³-hybridized carbons (Fsp3) is 0.478. The molecule has 2 N–H and O–H groups in total. The third kappa shape index (κ3) is 5.64. The van der Waals surface area contributed by atoms with Crippen LogP contribution in [0.3, 0.4) is 0 Å². The largest absolute Gasteiger partial charge is 0.492 e. The van der Waals surface area contributed by atoms with Crippen LogP contribution in [0.2, 0.25) is 0 Å². The number of nitrogens with one attached hydrogen (secondary N) is 1. The van der Waals surface area contributed by atoms with Crippen LogP contribution in [0.4, 0.5) is 13.2 Å². The SMILES string of the molecule is CC(C)n1ncnc1-c1nc2c(s1)CCOc1cc(C3CCNCC3)ccc1-2.O=C(O)C(F)(F)F. The average Bonchev–Trinajstić information content (AvgIpc) is 3.44. The fourth-order valence-electron chi connectivity index (χ4n) is 4.13. The Bertz CT molecular complexity index is 1190. The third-order valence-corrected chi connectivity index (χ3v) is 6.96. The van der Waals surface area contributed by atoms with Gasteiger partial charge in [0.1, 0.15) is 12.1 Å². The number of carboxylic acid groups (broad SMARTS) is 1. The van der Waals surface area contributed by atoms with Gasteiger partial charge in [-0.2, -0.15) is 18.3 Å². The van der Waals surface area contributed by atoms with E-state index in [-0.39, 0.29) is 6.04 Å². The summed E-state index contributed by atoms with van der Waals surface area (Å²) in [6.07, 6.45) is -0.212. The maximum absolute atomic E-state index is 10.6. The van der Waals surface area contributed by atoms with Crippen LogP contribution >= 0.6 is 11.3 Å². The van der Waals surface area contributed by atoms with Crippen LogP contribution in [0.25, 0.3) is 22.1 Å². The first-order chi connectivity index (χ1) is 16.6. The number of ether oxygens (including phenoxy) is 1. The second kappa shape index (κ2) is 10.3. The lowest BCUT2D eigenvalue weighted by atomic mass is 9.89. The summed E-state index contributed by atoms with van der Waals surface area (Å²) in [6.45, 7) is 7.11. The lowest BCUT2D eigenvalue weighted by Crippen LogP contribution is -2.26. The monoisotopic (exact) mass is 509 g/mol. The predicted molar refractivity (Wildman–Crippen MR) is 125 cm³/mol. The van der Waals surface area contributed by atoms with Crippen molar-refractivity contribution in [1.82, 2.24) is 25.1 Å². The number of carbonyl (C=O) groups is 1. The zero-order chi connectivity index (χ0) is 25.2. The van der Waals surface area contributed by atoms with Gasteiger partial charge in [0, 0.05) is 22.9 Å². The van der Waals surface area contributed by atoms with E-state index in [0.717, 1.165) is 47.3 Å². The molecule has 0 aliphatic carbocycles. The van der Waals surface area contributed by atoms with Crippen molar-refractivity contribution in [2.24, 2.45) is 0 Å². The van der Waals surface area contributed by atoms with E-state index in [0.29, 0.717) is 12.5 Å². The van der Waals surface area contributed by atoms with Gasteiger partial charge in [-0.05, 0) is 63.4 Å². The summed E-state index contributed by atoms with van der Waals surface area (Å²) in [7, 11) is 0. The van der Waals surface area contributed by atoms with Crippen LogP contribution in [0.15, 0.2) is 24.5 Å². The predicted octanol–water partition coefficient (Wildman–Crippen LogP) is 4.68. The summed E-state index contributed by atoms with van der Waals surface area (Å²) in [6, 6.07) is 6.97. The molecule has 0 radical (unpaired) electrons. The van der Waals surface area contributed by atoms with Crippen LogP contribution in [-0.4, -0.2) is 56.7 Å². The van der Waals surface area contributed by atoms with Crippen molar-refractivity contribution >= 4 is 17.3 Å². The number of thiazole rings is 1. The lowest BCUT2D eigenvalue weighted by molar-refractivity contribution is -0.192. The van der Waals surface area contributed by atoms with E-state index in [1.807, 2.05) is 4.68 Å². The molecule has 3 aromatic rings. The molecule has 4 heterocycles. The van der Waals surface area contributed by atoms with Gasteiger partial charge in [0.25, 0.3) is 0 Å². The lowest BCUT2D eigenvalue weighted by Gasteiger charge is -2.23. The number of piperidine rings is 1. The summed E-state index contributed by atoms with van der Waals surface area (Å²) in [5.74, 6) is -0.320. The molecule has 188 valence electrons. The topological polar surface area (TPSA) is 102 Å². The van der Waals surface area contributed by atoms with E-state index in [1.54, 1.807) is 17.7 Å². The first-order valence-electron chi connectivity index (χ1n) is 11.3. The Hall–Kier alpha value is -2.99. The van der Waals surface area contributed by atoms with Crippen molar-refractivity contribution in [2.75, 3.05) is 19.7 Å². The highest BCUT2D eigenvalue weighted by Crippen LogP contribution is 2.41. The molecule has 0 spiro atoms. The van der Waals surface area contributed by atoms with E-state index in [1.165, 1.54) is 23.3 Å². The Kier molecular flexibility index (Phi) is 7.41. The maximum Gasteiger partial charge on any atom is 0.490 e. The van der Waals surface area contributed by atoms with Crippen molar-refractivity contribution in [1.29, 1.82) is 0 Å². The minimum Gasteiger partial charge on any atom is -0.492 e. The molecule has 0 atom stereocenters. The maximum atomic E-state index is 10.6. The second-order valence-corrected chi connectivity index (χ2v) is 9.68. The molecule has 0 unspecified atom stereocenters. The Morgan fingerprint density at radius 1 is 1.29 bits per heavy atom. The molecule has 1 aromatic carbocycles. The van der Waals surface area contributed by atoms with Crippen molar-refractivity contribution in [2.45, 2.75) is 51.2 Å². The van der Waals surface area contributed by atoms with Gasteiger partial charge in [0.05, 0.1) is 12.3 Å². The highest BCUT2D eigenvalue weighted by molar-refractivity contribution is 7.15. The molecule has 1 fully saturated rings. The molecular formula is C23H26F3N5O3S. The molecular weight excluding hydrogens is 483 g/mol. The molecule has 1 saturated heterocycles. The highest BCUT2D eigenvalue weighted by Gasteiger charge is 2.38. The van der Waals surface area contributed by atoms with Crippen LogP contribution in [0.1, 0.15) is 49.1 Å². The van der Waals surface area contributed by atoms with Crippen molar-refractivity contribution < 1.29 is 27.8 Å². The number of nitrogens with zero attached hydrogens (tertiary/aromatic N) is 4. The van der Waals surface area contributed by atoms with Gasteiger partial charge in [0.15, 0.2) is 10.8 Å². The summed E-state index contributed by atoms with van der Waals surface area (Å²) < 4.78 is 39.8. The Balaban J connectivity index is 0.000000364. The van der Waals surface area contributed by atoms with Crippen LogP contribution in [0, 0.1) is 0 Å². The van der Waals surface area contributed by atoms with Gasteiger partial charge < -0.3 is 15.2 Å². The Morgan fingerprint density at radius 2 is 2.00 bits per heavy atom. The van der Waals surface area contributed by atoms with Crippen LogP contribution in [0.5, 0.6) is 5.75 Å². The number of aliphatic carboxylic acids is 1. The molecule has 2 aliphatic rings. The highest BCUT2D eigenvalue weighted by atomic mass is 32.1. The van der Waals surface area contributed by atoms with E-state index in [2.05, 4.69) is 47.4 Å². The van der Waals surface area contributed by atoms with Crippen molar-refractivity contribution in [3.8, 4) is 27.8 Å². The molecule has 2 aromatic heterocycles. The smallest absolute Gasteiger partial charge is 0.490 e. The first kappa shape index (κ1) is 25.1. The molecule has 0 bridgehead atoms. The molecule has 0 amide bonds. The van der Waals surface area contributed by atoms with Gasteiger partial charge in [0.2, 0.25) is 0 Å². The number of carboxylic acids is 1. The van der Waals surface area contributed by atoms with Crippen LogP contribution < -0.4 is 10.1 Å². The number of hydrogen-bond donors (Lipinski definition) is 2. The number of alkyl halides is 3. The normalized spacial score (nSPS) is 15.9. The quantitative estimate of drug-likeness (QED) is 0.528. The molecule has 35 heavy (non-hydrogen) atoms. The zero-order valence-electron chi connectivity index (χ0n) is 19.3. The van der Waals surface area contributed by atoms with Gasteiger partial charge in [-0.25, -0.2) is 19.4 Å². The standard InChI is InChI=1S/C21H25N5OS.C2HF3O2/c1-13(2)26-20(23-12-24-26)21-25-19-16-4-3-15(14-5-8-22-9-6-14)11-17(16)27-10-7-18(19)28-21;3-2(4,5)1(6)7/h3-4,11-14,22H,5-10H2,1-2H3;(H,6,7). The molecule has 12 heteroatoms. The minimum absolute atomic E-state index is 0.254. The molecule has 0 saturated carbocycles. The molecule has 8 nitrogen and oxygen atoms in total. The van der Waals surface area contributed by atoms with Gasteiger partial charge in [-0.3, -0.25) is 0 Å². The summed E-state index contributed by atoms with van der Waals surface area (Å²) in [4.78, 5) is 19.6. The molecule has 5 rings (SSSR count). The summed E-state index contributed by atoms with van der Waals surface area (Å²) in [5, 5.41) is 15.9. The number of benzene rings is 1. The minimum atomic E-state index is -5.08. The third-order valence-electron chi connectivity index (χ3n) is 5.85. The van der Waals surface area contributed by atoms with Crippen molar-refractivity contribution in [3.63, 3.8) is 0 Å². The Labute approximate surface area is 204 Å². The van der Waals surface area contributed by atoms with E-state index < -0.39 is 12.1 Å². The van der Waals surface area contributed by atoms with E-state index in [4.69, 9.17) is 19.6 Å². The zero-order valence-corrected chi connectivity index (χ0v) is 20.1. The first-order valence-corrected chi connectivity index (χ1v) is 12.1. The average molecular weight is 510 g/mol. The Morgan fingerprint density at radius 3 is 2.66 bits per heavy atom.